The number of carbonyl (C=O) groups excluding carboxylic acids is 1. The smallest absolute Gasteiger partial charge is 0.285 e. The van der Waals surface area contributed by atoms with Crippen molar-refractivity contribution in [3.05, 3.63) is 23.3 Å². The Morgan fingerprint density at radius 2 is 1.86 bits per heavy atom. The summed E-state index contributed by atoms with van der Waals surface area (Å²) in [6.45, 7) is 8.00. The van der Waals surface area contributed by atoms with E-state index in [0.29, 0.717) is 0 Å². The second-order valence-electron chi connectivity index (χ2n) is 6.50. The number of methoxy groups -OCH3 is 1. The van der Waals surface area contributed by atoms with Gasteiger partial charge in [0.2, 0.25) is 0 Å². The fraction of sp³-hybridized carbons (Fsp3) is 0.588. The molecular weight excluding hydrogens is 264 g/mol. The maximum Gasteiger partial charge on any atom is 0.285 e. The third kappa shape index (κ3) is 2.77. The number of aryl methyl sites for hydroxylation is 2. The first-order chi connectivity index (χ1) is 9.81. The van der Waals surface area contributed by atoms with Crippen LogP contribution in [0.2, 0.25) is 0 Å². The monoisotopic (exact) mass is 291 g/mol. The largest absolute Gasteiger partial charge is 0.497 e. The molecule has 4 heteroatoms. The molecule has 1 aliphatic heterocycles. The number of hydrogen-bond acceptors (Lipinski definition) is 2. The summed E-state index contributed by atoms with van der Waals surface area (Å²) in [5.74, 6) is 1.10. The number of amides is 1. The molecule has 0 spiro atoms. The summed E-state index contributed by atoms with van der Waals surface area (Å²) >= 11 is 0. The number of rotatable bonds is 4. The highest BCUT2D eigenvalue weighted by Gasteiger charge is 2.43. The van der Waals surface area contributed by atoms with Gasteiger partial charge in [-0.3, -0.25) is 4.79 Å². The van der Waals surface area contributed by atoms with Crippen LogP contribution in [0.15, 0.2) is 12.1 Å². The normalized spacial score (nSPS) is 19.2. The zero-order valence-corrected chi connectivity index (χ0v) is 14.1. The Balaban J connectivity index is 2.35. The van der Waals surface area contributed by atoms with Gasteiger partial charge in [-0.15, -0.1) is 0 Å². The van der Waals surface area contributed by atoms with Gasteiger partial charge < -0.3 is 14.1 Å². The van der Waals surface area contributed by atoms with Gasteiger partial charge in [-0.2, -0.15) is 0 Å². The first-order valence-corrected chi connectivity index (χ1v) is 7.61. The van der Waals surface area contributed by atoms with Crippen molar-refractivity contribution >= 4 is 11.6 Å². The Hall–Kier alpha value is -1.55. The van der Waals surface area contributed by atoms with Gasteiger partial charge in [0.25, 0.3) is 5.91 Å². The fourth-order valence-corrected chi connectivity index (χ4v) is 3.22. The van der Waals surface area contributed by atoms with E-state index in [9.17, 15) is 4.79 Å². The van der Waals surface area contributed by atoms with Crippen molar-refractivity contribution in [2.24, 2.45) is 0 Å². The van der Waals surface area contributed by atoms with Crippen LogP contribution in [0.25, 0.3) is 0 Å². The summed E-state index contributed by atoms with van der Waals surface area (Å²) < 4.78 is 6.06. The SMILES string of the molecule is CC[N+](C)(C)C1CCN(c2c(C)cc(OC)cc2C)C1=O. The number of benzene rings is 1. The molecule has 1 unspecified atom stereocenters. The lowest BCUT2D eigenvalue weighted by molar-refractivity contribution is -0.903. The number of nitrogens with zero attached hydrogens (tertiary/aromatic N) is 2. The zero-order chi connectivity index (χ0) is 15.8. The van der Waals surface area contributed by atoms with Crippen molar-refractivity contribution in [1.29, 1.82) is 0 Å². The standard InChI is InChI=1S/C17H27N2O2/c1-7-19(4,5)15-8-9-18(17(15)20)16-12(2)10-14(21-6)11-13(16)3/h10-11,15H,7-9H2,1-6H3/q+1. The topological polar surface area (TPSA) is 29.5 Å². The quantitative estimate of drug-likeness (QED) is 0.798. The van der Waals surface area contributed by atoms with Crippen LogP contribution in [-0.4, -0.2) is 50.7 Å². The third-order valence-corrected chi connectivity index (χ3v) is 4.81. The Morgan fingerprint density at radius 1 is 1.29 bits per heavy atom. The van der Waals surface area contributed by atoms with Crippen LogP contribution in [0.3, 0.4) is 0 Å². The first kappa shape index (κ1) is 15.8. The van der Waals surface area contributed by atoms with Crippen LogP contribution in [0.4, 0.5) is 5.69 Å². The second-order valence-corrected chi connectivity index (χ2v) is 6.50. The van der Waals surface area contributed by atoms with Crippen molar-refractivity contribution in [2.75, 3.05) is 39.2 Å². The molecule has 4 nitrogen and oxygen atoms in total. The fourth-order valence-electron chi connectivity index (χ4n) is 3.22. The number of hydrogen-bond donors (Lipinski definition) is 0. The summed E-state index contributed by atoms with van der Waals surface area (Å²) in [7, 11) is 5.95. The van der Waals surface area contributed by atoms with Crippen molar-refractivity contribution in [3.8, 4) is 5.75 Å². The highest BCUT2D eigenvalue weighted by atomic mass is 16.5. The van der Waals surface area contributed by atoms with E-state index >= 15 is 0 Å². The van der Waals surface area contributed by atoms with Crippen LogP contribution < -0.4 is 9.64 Å². The highest BCUT2D eigenvalue weighted by Crippen LogP contribution is 2.34. The Morgan fingerprint density at radius 3 is 2.33 bits per heavy atom. The number of likely N-dealkylation sites (N-methyl/N-ethyl adjacent to an activating group) is 1. The lowest BCUT2D eigenvalue weighted by Crippen LogP contribution is -2.52. The molecule has 0 N–H and O–H groups in total. The molecule has 1 saturated heterocycles. The van der Waals surface area contributed by atoms with E-state index in [4.69, 9.17) is 4.74 Å². The second kappa shape index (κ2) is 5.68. The number of ether oxygens (including phenoxy) is 1. The van der Waals surface area contributed by atoms with Crippen molar-refractivity contribution in [1.82, 2.24) is 0 Å². The molecule has 0 bridgehead atoms. The van der Waals surface area contributed by atoms with E-state index < -0.39 is 0 Å². The van der Waals surface area contributed by atoms with Gasteiger partial charge in [-0.05, 0) is 44.0 Å². The molecular formula is C17H27N2O2+. The molecule has 1 heterocycles. The molecule has 0 saturated carbocycles. The minimum absolute atomic E-state index is 0.0656. The summed E-state index contributed by atoms with van der Waals surface area (Å²) in [6, 6.07) is 4.07. The van der Waals surface area contributed by atoms with Crippen molar-refractivity contribution in [3.63, 3.8) is 0 Å². The van der Waals surface area contributed by atoms with Crippen LogP contribution in [0.5, 0.6) is 5.75 Å². The number of quaternary nitrogens is 1. The first-order valence-electron chi connectivity index (χ1n) is 7.61. The summed E-state index contributed by atoms with van der Waals surface area (Å²) in [4.78, 5) is 14.8. The van der Waals surface area contributed by atoms with Gasteiger partial charge in [-0.1, -0.05) is 0 Å². The highest BCUT2D eigenvalue weighted by molar-refractivity contribution is 6.00. The van der Waals surface area contributed by atoms with Gasteiger partial charge in [0.05, 0.1) is 27.7 Å². The molecule has 0 aliphatic carbocycles. The lowest BCUT2D eigenvalue weighted by Gasteiger charge is -2.33. The Kier molecular flexibility index (Phi) is 4.28. The number of carbonyl (C=O) groups is 1. The van der Waals surface area contributed by atoms with E-state index in [1.165, 1.54) is 0 Å². The number of anilines is 1. The predicted molar refractivity (Wildman–Crippen MR) is 85.9 cm³/mol. The molecule has 1 fully saturated rings. The average molecular weight is 291 g/mol. The third-order valence-electron chi connectivity index (χ3n) is 4.81. The van der Waals surface area contributed by atoms with E-state index in [0.717, 1.165) is 46.6 Å². The summed E-state index contributed by atoms with van der Waals surface area (Å²) in [6.07, 6.45) is 0.921. The molecule has 1 aromatic carbocycles. The molecule has 1 atom stereocenters. The molecule has 116 valence electrons. The van der Waals surface area contributed by atoms with Gasteiger partial charge in [0.1, 0.15) is 5.75 Å². The minimum Gasteiger partial charge on any atom is -0.497 e. The van der Waals surface area contributed by atoms with E-state index in [1.807, 2.05) is 30.9 Å². The molecule has 2 rings (SSSR count). The van der Waals surface area contributed by atoms with Gasteiger partial charge >= 0.3 is 0 Å². The molecule has 0 radical (unpaired) electrons. The van der Waals surface area contributed by atoms with Crippen LogP contribution in [0, 0.1) is 13.8 Å². The minimum atomic E-state index is 0.0656. The Bertz CT molecular complexity index is 529. The van der Waals surface area contributed by atoms with Crippen LogP contribution in [-0.2, 0) is 4.79 Å². The average Bonchev–Trinajstić information content (AvgIpc) is 2.80. The molecule has 0 aromatic heterocycles. The van der Waals surface area contributed by atoms with Crippen molar-refractivity contribution < 1.29 is 14.0 Å². The molecule has 1 amide bonds. The predicted octanol–water partition coefficient (Wildman–Crippen LogP) is 2.51. The molecule has 21 heavy (non-hydrogen) atoms. The Labute approximate surface area is 127 Å². The van der Waals surface area contributed by atoms with Crippen LogP contribution in [0.1, 0.15) is 24.5 Å². The van der Waals surface area contributed by atoms with E-state index in [1.54, 1.807) is 7.11 Å². The summed E-state index contributed by atoms with van der Waals surface area (Å²) in [5.41, 5.74) is 3.25. The molecule has 1 aromatic rings. The van der Waals surface area contributed by atoms with Crippen molar-refractivity contribution in [2.45, 2.75) is 33.2 Å². The van der Waals surface area contributed by atoms with Gasteiger partial charge in [0, 0.05) is 18.7 Å². The van der Waals surface area contributed by atoms with E-state index in [-0.39, 0.29) is 11.9 Å². The molecule has 1 aliphatic rings. The van der Waals surface area contributed by atoms with E-state index in [2.05, 4.69) is 21.0 Å². The maximum absolute atomic E-state index is 12.8. The maximum atomic E-state index is 12.8. The zero-order valence-electron chi connectivity index (χ0n) is 14.1. The van der Waals surface area contributed by atoms with Gasteiger partial charge in [-0.25, -0.2) is 0 Å². The lowest BCUT2D eigenvalue weighted by atomic mass is 10.1. The summed E-state index contributed by atoms with van der Waals surface area (Å²) in [5, 5.41) is 0. The van der Waals surface area contributed by atoms with Gasteiger partial charge in [0.15, 0.2) is 6.04 Å². The van der Waals surface area contributed by atoms with Crippen LogP contribution >= 0.6 is 0 Å².